The van der Waals surface area contributed by atoms with Crippen molar-refractivity contribution >= 4 is 23.9 Å². The van der Waals surface area contributed by atoms with Gasteiger partial charge in [0.1, 0.15) is 70.3 Å². The third kappa shape index (κ3) is 9.92. The van der Waals surface area contributed by atoms with E-state index in [1.54, 1.807) is 48.5 Å². The minimum atomic E-state index is -0.844. The van der Waals surface area contributed by atoms with Gasteiger partial charge in [0.05, 0.1) is 25.3 Å². The van der Waals surface area contributed by atoms with Crippen molar-refractivity contribution in [1.82, 2.24) is 0 Å². The average molecular weight is 731 g/mol. The van der Waals surface area contributed by atoms with Crippen LogP contribution in [0.4, 0.5) is 0 Å². The molecule has 54 heavy (non-hydrogen) atoms. The van der Waals surface area contributed by atoms with Crippen LogP contribution >= 0.6 is 0 Å². The smallest absolute Gasteiger partial charge is 0.347 e. The van der Waals surface area contributed by atoms with Gasteiger partial charge in [-0.25, -0.2) is 19.2 Å². The van der Waals surface area contributed by atoms with Crippen LogP contribution in [0.15, 0.2) is 135 Å². The first kappa shape index (κ1) is 37.9. The zero-order valence-electron chi connectivity index (χ0n) is 29.3. The minimum absolute atomic E-state index is 0.0132. The van der Waals surface area contributed by atoms with E-state index in [9.17, 15) is 19.2 Å². The molecule has 0 bridgehead atoms. The van der Waals surface area contributed by atoms with Gasteiger partial charge >= 0.3 is 23.9 Å². The molecule has 0 saturated carbocycles. The van der Waals surface area contributed by atoms with Crippen molar-refractivity contribution in [3.63, 3.8) is 0 Å². The van der Waals surface area contributed by atoms with Crippen molar-refractivity contribution in [2.75, 3.05) is 27.4 Å². The lowest BCUT2D eigenvalue weighted by molar-refractivity contribution is 0.0711. The molecule has 12 nitrogen and oxygen atoms in total. The summed E-state index contributed by atoms with van der Waals surface area (Å²) in [4.78, 5) is 52.2. The van der Waals surface area contributed by atoms with E-state index in [2.05, 4.69) is 13.2 Å². The summed E-state index contributed by atoms with van der Waals surface area (Å²) in [5.74, 6) is -0.855. The molecule has 0 N–H and O–H groups in total. The van der Waals surface area contributed by atoms with Gasteiger partial charge in [0.2, 0.25) is 0 Å². The first-order valence-electron chi connectivity index (χ1n) is 16.2. The highest BCUT2D eigenvalue weighted by molar-refractivity contribution is 6.00. The number of esters is 4. The van der Waals surface area contributed by atoms with Crippen molar-refractivity contribution in [2.45, 2.75) is 0 Å². The summed E-state index contributed by atoms with van der Waals surface area (Å²) in [5.41, 5.74) is 0.281. The highest BCUT2D eigenvalue weighted by Crippen LogP contribution is 2.32. The zero-order valence-corrected chi connectivity index (χ0v) is 29.3. The number of benzene rings is 5. The van der Waals surface area contributed by atoms with Gasteiger partial charge in [0.15, 0.2) is 0 Å². The summed E-state index contributed by atoms with van der Waals surface area (Å²) in [7, 11) is 3.06. The molecule has 12 heteroatoms. The number of carbonyl (C=O) groups is 4. The standard InChI is InChI=1S/C42H34O12/c1-5-23-49-37-25-36(42(46)54-32-13-9-28(10-14-32)40(44)52-34-21-17-30(48-4)18-22-34)38(50-24-6-2)26-35(37)41(45)53-31-11-7-27(8-12-31)39(43)51-33-19-15-29(47-3)16-20-33/h5-22,25-26H,1-2,23-24H2,3-4H3. The molecule has 0 unspecified atom stereocenters. The summed E-state index contributed by atoms with van der Waals surface area (Å²) >= 11 is 0. The molecule has 5 aromatic rings. The van der Waals surface area contributed by atoms with Gasteiger partial charge in [0, 0.05) is 0 Å². The van der Waals surface area contributed by atoms with Crippen LogP contribution in [0.2, 0.25) is 0 Å². The molecule has 0 radical (unpaired) electrons. The van der Waals surface area contributed by atoms with Gasteiger partial charge in [-0.05, 0) is 109 Å². The van der Waals surface area contributed by atoms with E-state index in [-0.39, 0.29) is 58.5 Å². The van der Waals surface area contributed by atoms with Gasteiger partial charge in [-0.1, -0.05) is 25.3 Å². The van der Waals surface area contributed by atoms with Crippen LogP contribution in [0.1, 0.15) is 41.4 Å². The van der Waals surface area contributed by atoms with Crippen molar-refractivity contribution in [1.29, 1.82) is 0 Å². The number of rotatable bonds is 16. The molecule has 0 heterocycles. The topological polar surface area (TPSA) is 142 Å². The van der Waals surface area contributed by atoms with Crippen molar-refractivity contribution in [3.05, 3.63) is 157 Å². The molecule has 0 aromatic heterocycles. The maximum Gasteiger partial charge on any atom is 0.347 e. The van der Waals surface area contributed by atoms with E-state index < -0.39 is 23.9 Å². The first-order chi connectivity index (χ1) is 26.2. The Morgan fingerprint density at radius 1 is 0.444 bits per heavy atom. The highest BCUT2D eigenvalue weighted by atomic mass is 16.6. The lowest BCUT2D eigenvalue weighted by atomic mass is 10.1. The SMILES string of the molecule is C=CCOc1cc(C(=O)Oc2ccc(C(=O)Oc3ccc(OC)cc3)cc2)c(OCC=C)cc1C(=O)Oc1ccc(C(=O)Oc2ccc(OC)cc2)cc1. The Morgan fingerprint density at radius 3 is 1.02 bits per heavy atom. The Kier molecular flexibility index (Phi) is 12.8. The zero-order chi connectivity index (χ0) is 38.5. The van der Waals surface area contributed by atoms with Crippen LogP contribution < -0.4 is 37.9 Å². The Labute approximate surface area is 310 Å². The Hall–Kier alpha value is -7.34. The van der Waals surface area contributed by atoms with E-state index in [1.165, 1.54) is 87.0 Å². The molecular weight excluding hydrogens is 696 g/mol. The van der Waals surface area contributed by atoms with E-state index in [1.807, 2.05) is 0 Å². The largest absolute Gasteiger partial charge is 0.497 e. The van der Waals surface area contributed by atoms with Crippen molar-refractivity contribution in [3.8, 4) is 46.0 Å². The van der Waals surface area contributed by atoms with Crippen molar-refractivity contribution in [2.24, 2.45) is 0 Å². The Bertz CT molecular complexity index is 1960. The normalized spacial score (nSPS) is 10.3. The number of hydrogen-bond acceptors (Lipinski definition) is 12. The van der Waals surface area contributed by atoms with Crippen LogP contribution in [-0.4, -0.2) is 51.3 Å². The highest BCUT2D eigenvalue weighted by Gasteiger charge is 2.25. The molecule has 5 rings (SSSR count). The second-order valence-electron chi connectivity index (χ2n) is 11.0. The van der Waals surface area contributed by atoms with Crippen molar-refractivity contribution < 1.29 is 57.1 Å². The predicted octanol–water partition coefficient (Wildman–Crippen LogP) is 7.71. The maximum atomic E-state index is 13.5. The molecule has 274 valence electrons. The number of carbonyl (C=O) groups excluding carboxylic acids is 4. The molecule has 0 aliphatic heterocycles. The molecule has 0 atom stereocenters. The number of ether oxygens (including phenoxy) is 8. The van der Waals surface area contributed by atoms with Gasteiger partial charge < -0.3 is 37.9 Å². The van der Waals surface area contributed by atoms with Gasteiger partial charge in [-0.2, -0.15) is 0 Å². The van der Waals surface area contributed by atoms with E-state index in [4.69, 9.17) is 37.9 Å². The second kappa shape index (κ2) is 18.2. The maximum absolute atomic E-state index is 13.5. The fourth-order valence-electron chi connectivity index (χ4n) is 4.68. The third-order valence-corrected chi connectivity index (χ3v) is 7.38. The van der Waals surface area contributed by atoms with Gasteiger partial charge in [-0.15, -0.1) is 0 Å². The molecule has 0 aliphatic rings. The average Bonchev–Trinajstić information content (AvgIpc) is 3.20. The molecule has 0 amide bonds. The fourth-order valence-corrected chi connectivity index (χ4v) is 4.68. The first-order valence-corrected chi connectivity index (χ1v) is 16.2. The van der Waals surface area contributed by atoms with Gasteiger partial charge in [0.25, 0.3) is 0 Å². The lowest BCUT2D eigenvalue weighted by Crippen LogP contribution is -2.16. The summed E-state index contributed by atoms with van der Waals surface area (Å²) in [6.07, 6.45) is 2.92. The number of methoxy groups -OCH3 is 2. The van der Waals surface area contributed by atoms with E-state index in [0.29, 0.717) is 23.0 Å². The molecule has 5 aromatic carbocycles. The van der Waals surface area contributed by atoms with Crippen LogP contribution in [0.5, 0.6) is 46.0 Å². The Balaban J connectivity index is 1.30. The minimum Gasteiger partial charge on any atom is -0.497 e. The molecule has 0 aliphatic carbocycles. The predicted molar refractivity (Wildman–Crippen MR) is 197 cm³/mol. The van der Waals surface area contributed by atoms with Crippen LogP contribution in [0.25, 0.3) is 0 Å². The molecule has 0 spiro atoms. The van der Waals surface area contributed by atoms with E-state index in [0.717, 1.165) is 0 Å². The van der Waals surface area contributed by atoms with Crippen LogP contribution in [0, 0.1) is 0 Å². The van der Waals surface area contributed by atoms with Crippen LogP contribution in [-0.2, 0) is 0 Å². The summed E-state index contributed by atoms with van der Waals surface area (Å²) in [5, 5.41) is 0. The third-order valence-electron chi connectivity index (χ3n) is 7.38. The van der Waals surface area contributed by atoms with E-state index >= 15 is 0 Å². The van der Waals surface area contributed by atoms with Crippen LogP contribution in [0.3, 0.4) is 0 Å². The quantitative estimate of drug-likeness (QED) is 0.0558. The lowest BCUT2D eigenvalue weighted by Gasteiger charge is -2.16. The Morgan fingerprint density at radius 2 is 0.722 bits per heavy atom. The summed E-state index contributed by atoms with van der Waals surface area (Å²) < 4.78 is 43.7. The molecular formula is C42H34O12. The fraction of sp³-hybridized carbons (Fsp3) is 0.0952. The summed E-state index contributed by atoms with van der Waals surface area (Å²) in [6.45, 7) is 7.27. The monoisotopic (exact) mass is 730 g/mol. The number of hydrogen-bond donors (Lipinski definition) is 0. The summed E-state index contributed by atoms with van der Waals surface area (Å²) in [6, 6.07) is 27.1. The molecule has 0 fully saturated rings. The van der Waals surface area contributed by atoms with Gasteiger partial charge in [-0.3, -0.25) is 0 Å². The molecule has 0 saturated heterocycles. The second-order valence-corrected chi connectivity index (χ2v) is 11.0.